The molecule has 0 heterocycles. The highest BCUT2D eigenvalue weighted by Gasteiger charge is 2.10. The van der Waals surface area contributed by atoms with Gasteiger partial charge in [-0.25, -0.2) is 0 Å². The minimum absolute atomic E-state index is 0.0431. The highest BCUT2D eigenvalue weighted by atomic mass is 16.5. The third-order valence-corrected chi connectivity index (χ3v) is 5.87. The summed E-state index contributed by atoms with van der Waals surface area (Å²) in [7, 11) is 0. The van der Waals surface area contributed by atoms with Crippen molar-refractivity contribution in [2.75, 3.05) is 13.2 Å². The number of aliphatic hydroxyl groups excluding tert-OH is 1. The number of aliphatic hydroxyl groups is 1. The Morgan fingerprint density at radius 3 is 1.85 bits per heavy atom. The summed E-state index contributed by atoms with van der Waals surface area (Å²) in [4.78, 5) is 23.6. The molecule has 0 aliphatic carbocycles. The highest BCUT2D eigenvalue weighted by Crippen LogP contribution is 2.10. The van der Waals surface area contributed by atoms with E-state index in [9.17, 15) is 14.7 Å². The van der Waals surface area contributed by atoms with Crippen LogP contribution in [-0.4, -0.2) is 36.2 Å². The molecule has 0 aliphatic heterocycles. The maximum Gasteiger partial charge on any atom is 0.305 e. The number of hydrogen-bond donors (Lipinski definition) is 2. The standard InChI is InChI=1S/C28H53NO4/c1-3-5-7-9-11-12-13-14-15-17-18-20-22-27(31)29-24-26(30)25-33-28(32)23-21-19-16-10-8-6-4-2/h11-12,26,30H,3-10,13-25H2,1-2H3,(H,29,31)/b12-11+. The van der Waals surface area contributed by atoms with Gasteiger partial charge in [0.2, 0.25) is 5.91 Å². The molecule has 0 aromatic rings. The lowest BCUT2D eigenvalue weighted by molar-refractivity contribution is -0.146. The fraction of sp³-hybridized carbons (Fsp3) is 0.857. The van der Waals surface area contributed by atoms with Gasteiger partial charge in [0.05, 0.1) is 0 Å². The van der Waals surface area contributed by atoms with Crippen LogP contribution in [0.5, 0.6) is 0 Å². The normalized spacial score (nSPS) is 12.2. The molecule has 1 unspecified atom stereocenters. The predicted octanol–water partition coefficient (Wildman–Crippen LogP) is 7.01. The van der Waals surface area contributed by atoms with Gasteiger partial charge in [0.1, 0.15) is 12.7 Å². The van der Waals surface area contributed by atoms with Crippen molar-refractivity contribution in [2.24, 2.45) is 0 Å². The average Bonchev–Trinajstić information content (AvgIpc) is 2.81. The quantitative estimate of drug-likeness (QED) is 0.0909. The van der Waals surface area contributed by atoms with Crippen molar-refractivity contribution in [3.8, 4) is 0 Å². The first-order valence-electron chi connectivity index (χ1n) is 13.9. The fourth-order valence-corrected chi connectivity index (χ4v) is 3.69. The molecular formula is C28H53NO4. The van der Waals surface area contributed by atoms with Crippen LogP contribution in [0, 0.1) is 0 Å². The topological polar surface area (TPSA) is 75.6 Å². The van der Waals surface area contributed by atoms with E-state index in [1.54, 1.807) is 0 Å². The molecule has 0 saturated carbocycles. The van der Waals surface area contributed by atoms with Crippen LogP contribution < -0.4 is 5.32 Å². The predicted molar refractivity (Wildman–Crippen MR) is 138 cm³/mol. The van der Waals surface area contributed by atoms with Gasteiger partial charge in [-0.2, -0.15) is 0 Å². The first-order valence-corrected chi connectivity index (χ1v) is 13.9. The lowest BCUT2D eigenvalue weighted by Crippen LogP contribution is -2.35. The van der Waals surface area contributed by atoms with Gasteiger partial charge in [-0.15, -0.1) is 0 Å². The number of rotatable bonds is 24. The first kappa shape index (κ1) is 31.6. The molecule has 0 saturated heterocycles. The van der Waals surface area contributed by atoms with Crippen molar-refractivity contribution in [1.29, 1.82) is 0 Å². The molecule has 0 bridgehead atoms. The van der Waals surface area contributed by atoms with Gasteiger partial charge in [-0.3, -0.25) is 9.59 Å². The van der Waals surface area contributed by atoms with Crippen LogP contribution in [0.3, 0.4) is 0 Å². The van der Waals surface area contributed by atoms with E-state index in [1.807, 2.05) is 0 Å². The molecule has 1 atom stereocenters. The number of esters is 1. The molecule has 194 valence electrons. The van der Waals surface area contributed by atoms with Crippen LogP contribution in [0.25, 0.3) is 0 Å². The molecule has 5 heteroatoms. The van der Waals surface area contributed by atoms with Gasteiger partial charge in [0.25, 0.3) is 0 Å². The van der Waals surface area contributed by atoms with E-state index < -0.39 is 6.10 Å². The average molecular weight is 468 g/mol. The minimum atomic E-state index is -0.845. The van der Waals surface area contributed by atoms with E-state index >= 15 is 0 Å². The van der Waals surface area contributed by atoms with Gasteiger partial charge in [-0.1, -0.05) is 96.6 Å². The van der Waals surface area contributed by atoms with Crippen LogP contribution in [0.4, 0.5) is 0 Å². The summed E-state index contributed by atoms with van der Waals surface area (Å²) in [5.74, 6) is -0.306. The van der Waals surface area contributed by atoms with Gasteiger partial charge < -0.3 is 15.2 Å². The van der Waals surface area contributed by atoms with Crippen molar-refractivity contribution in [3.63, 3.8) is 0 Å². The lowest BCUT2D eigenvalue weighted by atomic mass is 10.1. The molecule has 0 aromatic carbocycles. The minimum Gasteiger partial charge on any atom is -0.463 e. The summed E-state index contributed by atoms with van der Waals surface area (Å²) >= 11 is 0. The molecule has 2 N–H and O–H groups in total. The summed E-state index contributed by atoms with van der Waals surface area (Å²) < 4.78 is 5.11. The molecule has 0 aromatic heterocycles. The van der Waals surface area contributed by atoms with Crippen LogP contribution in [0.2, 0.25) is 0 Å². The number of nitrogens with one attached hydrogen (secondary N) is 1. The zero-order chi connectivity index (χ0) is 24.4. The number of allylic oxidation sites excluding steroid dienone is 2. The second kappa shape index (κ2) is 25.3. The van der Waals surface area contributed by atoms with Crippen molar-refractivity contribution in [1.82, 2.24) is 5.32 Å². The zero-order valence-corrected chi connectivity index (χ0v) is 21.8. The second-order valence-corrected chi connectivity index (χ2v) is 9.29. The van der Waals surface area contributed by atoms with E-state index in [0.29, 0.717) is 12.8 Å². The van der Waals surface area contributed by atoms with Crippen molar-refractivity contribution in [2.45, 2.75) is 142 Å². The highest BCUT2D eigenvalue weighted by molar-refractivity contribution is 5.75. The first-order chi connectivity index (χ1) is 16.1. The molecule has 0 spiro atoms. The Hall–Kier alpha value is -1.36. The number of carbonyl (C=O) groups excluding carboxylic acids is 2. The van der Waals surface area contributed by atoms with Crippen molar-refractivity contribution in [3.05, 3.63) is 12.2 Å². The van der Waals surface area contributed by atoms with Crippen molar-refractivity contribution < 1.29 is 19.4 Å². The Morgan fingerprint density at radius 1 is 0.727 bits per heavy atom. The van der Waals surface area contributed by atoms with E-state index in [0.717, 1.165) is 38.5 Å². The summed E-state index contributed by atoms with van der Waals surface area (Å²) in [6.07, 6.45) is 24.6. The summed E-state index contributed by atoms with van der Waals surface area (Å²) in [5, 5.41) is 12.6. The molecular weight excluding hydrogens is 414 g/mol. The fourth-order valence-electron chi connectivity index (χ4n) is 3.69. The van der Waals surface area contributed by atoms with Gasteiger partial charge in [0.15, 0.2) is 0 Å². The Bertz CT molecular complexity index is 479. The molecule has 0 rings (SSSR count). The van der Waals surface area contributed by atoms with Crippen LogP contribution in [0.1, 0.15) is 136 Å². The van der Waals surface area contributed by atoms with E-state index in [2.05, 4.69) is 31.3 Å². The van der Waals surface area contributed by atoms with E-state index in [1.165, 1.54) is 70.6 Å². The van der Waals surface area contributed by atoms with Crippen LogP contribution in [-0.2, 0) is 14.3 Å². The molecule has 33 heavy (non-hydrogen) atoms. The SMILES string of the molecule is CCCCC/C=C/CCCCCCCC(=O)NCC(O)COC(=O)CCCCCCCCC. The van der Waals surface area contributed by atoms with Crippen molar-refractivity contribution >= 4 is 11.9 Å². The lowest BCUT2D eigenvalue weighted by Gasteiger charge is -2.12. The maximum absolute atomic E-state index is 11.9. The van der Waals surface area contributed by atoms with E-state index in [-0.39, 0.29) is 25.0 Å². The monoisotopic (exact) mass is 467 g/mol. The zero-order valence-electron chi connectivity index (χ0n) is 21.8. The van der Waals surface area contributed by atoms with Gasteiger partial charge in [-0.05, 0) is 38.5 Å². The Kier molecular flexibility index (Phi) is 24.2. The molecule has 1 amide bonds. The smallest absolute Gasteiger partial charge is 0.305 e. The van der Waals surface area contributed by atoms with Gasteiger partial charge >= 0.3 is 5.97 Å². The molecule has 0 aliphatic rings. The summed E-state index contributed by atoms with van der Waals surface area (Å²) in [6.45, 7) is 4.51. The number of unbranched alkanes of at least 4 members (excludes halogenated alkanes) is 14. The Labute approximate surface area is 204 Å². The van der Waals surface area contributed by atoms with E-state index in [4.69, 9.17) is 4.74 Å². The molecule has 5 nitrogen and oxygen atoms in total. The Balaban J connectivity index is 3.47. The largest absolute Gasteiger partial charge is 0.463 e. The molecule has 0 radical (unpaired) electrons. The summed E-state index contributed by atoms with van der Waals surface area (Å²) in [6, 6.07) is 0. The number of amides is 1. The third-order valence-electron chi connectivity index (χ3n) is 5.87. The van der Waals surface area contributed by atoms with Crippen LogP contribution >= 0.6 is 0 Å². The number of hydrogen-bond acceptors (Lipinski definition) is 4. The van der Waals surface area contributed by atoms with Gasteiger partial charge in [0, 0.05) is 19.4 Å². The third kappa shape index (κ3) is 25.1. The Morgan fingerprint density at radius 2 is 1.21 bits per heavy atom. The van der Waals surface area contributed by atoms with Crippen LogP contribution in [0.15, 0.2) is 12.2 Å². The molecule has 0 fully saturated rings. The second-order valence-electron chi connectivity index (χ2n) is 9.29. The summed E-state index contributed by atoms with van der Waals surface area (Å²) in [5.41, 5.74) is 0. The maximum atomic E-state index is 11.9. The number of ether oxygens (including phenoxy) is 1. The number of carbonyl (C=O) groups is 2.